The summed E-state index contributed by atoms with van der Waals surface area (Å²) in [6, 6.07) is 18.8. The number of hydrogen-bond donors (Lipinski definition) is 0. The number of anilines is 1. The summed E-state index contributed by atoms with van der Waals surface area (Å²) in [5, 5.41) is 0. The second-order valence-electron chi connectivity index (χ2n) is 7.05. The topological polar surface area (TPSA) is 65.1 Å². The first kappa shape index (κ1) is 22.5. The molecule has 7 heteroatoms. The molecule has 0 saturated carbocycles. The molecule has 0 saturated heterocycles. The first-order valence-corrected chi connectivity index (χ1v) is 11.2. The molecular weight excluding hydrogens is 414 g/mol. The van der Waals surface area contributed by atoms with Gasteiger partial charge in [-0.15, -0.1) is 0 Å². The van der Waals surface area contributed by atoms with Gasteiger partial charge in [0.2, 0.25) is 0 Å². The summed E-state index contributed by atoms with van der Waals surface area (Å²) in [6.45, 7) is 3.85. The zero-order valence-corrected chi connectivity index (χ0v) is 19.1. The summed E-state index contributed by atoms with van der Waals surface area (Å²) in [4.78, 5) is 0.170. The number of hydrogen-bond acceptors (Lipinski definition) is 5. The largest absolute Gasteiger partial charge is 0.497 e. The molecule has 1 atom stereocenters. The highest BCUT2D eigenvalue weighted by molar-refractivity contribution is 7.92. The van der Waals surface area contributed by atoms with Crippen LogP contribution in [0.1, 0.15) is 24.1 Å². The van der Waals surface area contributed by atoms with E-state index in [1.165, 1.54) is 11.4 Å². The Hall–Kier alpha value is -3.19. The van der Waals surface area contributed by atoms with Crippen molar-refractivity contribution in [3.8, 4) is 17.2 Å². The summed E-state index contributed by atoms with van der Waals surface area (Å²) in [5.41, 5.74) is 2.39. The van der Waals surface area contributed by atoms with Crippen molar-refractivity contribution in [3.63, 3.8) is 0 Å². The Kier molecular flexibility index (Phi) is 6.75. The van der Waals surface area contributed by atoms with E-state index >= 15 is 0 Å². The van der Waals surface area contributed by atoms with Gasteiger partial charge in [-0.3, -0.25) is 4.31 Å². The Labute approximate surface area is 184 Å². The van der Waals surface area contributed by atoms with E-state index < -0.39 is 16.1 Å². The third kappa shape index (κ3) is 4.46. The zero-order valence-electron chi connectivity index (χ0n) is 18.3. The number of methoxy groups -OCH3 is 3. The second-order valence-corrected chi connectivity index (χ2v) is 8.86. The molecule has 0 aliphatic carbocycles. The summed E-state index contributed by atoms with van der Waals surface area (Å²) in [7, 11) is 0.699. The maximum Gasteiger partial charge on any atom is 0.264 e. The lowest BCUT2D eigenvalue weighted by Gasteiger charge is -2.32. The van der Waals surface area contributed by atoms with Gasteiger partial charge in [0.1, 0.15) is 5.75 Å². The van der Waals surface area contributed by atoms with Crippen LogP contribution in [0.15, 0.2) is 71.6 Å². The molecular formula is C24H27NO5S. The molecule has 0 aliphatic heterocycles. The number of aryl methyl sites for hydroxylation is 1. The van der Waals surface area contributed by atoms with E-state index in [2.05, 4.69) is 0 Å². The molecule has 0 heterocycles. The highest BCUT2D eigenvalue weighted by Crippen LogP contribution is 2.39. The van der Waals surface area contributed by atoms with Crippen LogP contribution in [0.25, 0.3) is 0 Å². The fraction of sp³-hybridized carbons (Fsp3) is 0.250. The molecule has 31 heavy (non-hydrogen) atoms. The molecule has 0 fully saturated rings. The Morgan fingerprint density at radius 2 is 1.45 bits per heavy atom. The minimum Gasteiger partial charge on any atom is -0.497 e. The molecule has 3 aromatic carbocycles. The lowest BCUT2D eigenvalue weighted by atomic mass is 10.0. The molecule has 0 spiro atoms. The predicted molar refractivity (Wildman–Crippen MR) is 122 cm³/mol. The Morgan fingerprint density at radius 3 is 2.03 bits per heavy atom. The first-order valence-electron chi connectivity index (χ1n) is 9.79. The van der Waals surface area contributed by atoms with Crippen molar-refractivity contribution in [2.24, 2.45) is 0 Å². The van der Waals surface area contributed by atoms with Crippen molar-refractivity contribution in [1.82, 2.24) is 0 Å². The third-order valence-corrected chi connectivity index (χ3v) is 7.14. The minimum absolute atomic E-state index is 0.170. The van der Waals surface area contributed by atoms with Crippen LogP contribution < -0.4 is 18.5 Å². The van der Waals surface area contributed by atoms with Crippen LogP contribution in [0.4, 0.5) is 5.69 Å². The van der Waals surface area contributed by atoms with Gasteiger partial charge in [-0.05, 0) is 61.4 Å². The van der Waals surface area contributed by atoms with Crippen molar-refractivity contribution >= 4 is 15.7 Å². The quantitative estimate of drug-likeness (QED) is 0.493. The summed E-state index contributed by atoms with van der Waals surface area (Å²) in [5.74, 6) is 1.56. The number of benzene rings is 3. The van der Waals surface area contributed by atoms with Crippen molar-refractivity contribution < 1.29 is 22.6 Å². The fourth-order valence-electron chi connectivity index (χ4n) is 3.58. The number of nitrogens with zero attached hydrogens (tertiary/aromatic N) is 1. The molecule has 0 N–H and O–H groups in total. The highest BCUT2D eigenvalue weighted by Gasteiger charge is 2.31. The van der Waals surface area contributed by atoms with E-state index in [1.807, 2.05) is 38.1 Å². The van der Waals surface area contributed by atoms with Gasteiger partial charge in [0.05, 0.1) is 38.0 Å². The number of ether oxygens (including phenoxy) is 3. The van der Waals surface area contributed by atoms with Crippen LogP contribution in [0.3, 0.4) is 0 Å². The Morgan fingerprint density at radius 1 is 0.806 bits per heavy atom. The second kappa shape index (κ2) is 9.31. The van der Waals surface area contributed by atoms with Crippen LogP contribution in [-0.2, 0) is 10.0 Å². The zero-order chi connectivity index (χ0) is 22.6. The smallest absolute Gasteiger partial charge is 0.264 e. The molecule has 0 bridgehead atoms. The molecule has 3 rings (SSSR count). The van der Waals surface area contributed by atoms with Crippen LogP contribution >= 0.6 is 0 Å². The van der Waals surface area contributed by atoms with Crippen molar-refractivity contribution in [1.29, 1.82) is 0 Å². The van der Waals surface area contributed by atoms with Gasteiger partial charge >= 0.3 is 0 Å². The van der Waals surface area contributed by atoms with Crippen molar-refractivity contribution in [3.05, 3.63) is 77.9 Å². The normalized spacial score (nSPS) is 12.2. The molecule has 164 valence electrons. The predicted octanol–water partition coefficient (Wildman–Crippen LogP) is 4.98. The van der Waals surface area contributed by atoms with E-state index in [9.17, 15) is 8.42 Å². The molecule has 6 nitrogen and oxygen atoms in total. The maximum atomic E-state index is 13.8. The van der Waals surface area contributed by atoms with Crippen LogP contribution in [-0.4, -0.2) is 29.7 Å². The molecule has 0 unspecified atom stereocenters. The van der Waals surface area contributed by atoms with E-state index in [0.717, 1.165) is 11.1 Å². The van der Waals surface area contributed by atoms with E-state index in [4.69, 9.17) is 14.2 Å². The monoisotopic (exact) mass is 441 g/mol. The SMILES string of the molecule is COc1ccc(S(=O)(=O)N(c2ccc(OC)c(OC)c2)[C@H](C)c2ccccc2C)cc1. The number of sulfonamides is 1. The molecule has 0 aliphatic rings. The van der Waals surface area contributed by atoms with Crippen LogP contribution in [0.5, 0.6) is 17.2 Å². The van der Waals surface area contributed by atoms with E-state index in [0.29, 0.717) is 22.9 Å². The van der Waals surface area contributed by atoms with E-state index in [1.54, 1.807) is 56.7 Å². The van der Waals surface area contributed by atoms with Crippen LogP contribution in [0.2, 0.25) is 0 Å². The Bertz CT molecular complexity index is 1140. The van der Waals surface area contributed by atoms with E-state index in [-0.39, 0.29) is 4.90 Å². The Balaban J connectivity index is 2.20. The summed E-state index contributed by atoms with van der Waals surface area (Å²) >= 11 is 0. The van der Waals surface area contributed by atoms with Gasteiger partial charge in [-0.1, -0.05) is 24.3 Å². The fourth-order valence-corrected chi connectivity index (χ4v) is 5.20. The van der Waals surface area contributed by atoms with Gasteiger partial charge in [0.15, 0.2) is 11.5 Å². The standard InChI is InChI=1S/C24H27NO5S/c1-17-8-6-7-9-22(17)18(2)25(19-10-15-23(29-4)24(16-19)30-5)31(26,27)21-13-11-20(28-3)12-14-21/h6-16,18H,1-5H3/t18-/m1/s1. The van der Waals surface area contributed by atoms with Crippen molar-refractivity contribution in [2.45, 2.75) is 24.8 Å². The molecule has 0 amide bonds. The average Bonchev–Trinajstić information content (AvgIpc) is 2.79. The van der Waals surface area contributed by atoms with Gasteiger partial charge in [0, 0.05) is 6.07 Å². The average molecular weight is 442 g/mol. The molecule has 3 aromatic rings. The van der Waals surface area contributed by atoms with Gasteiger partial charge < -0.3 is 14.2 Å². The third-order valence-electron chi connectivity index (χ3n) is 5.23. The summed E-state index contributed by atoms with van der Waals surface area (Å²) in [6.07, 6.45) is 0. The maximum absolute atomic E-state index is 13.8. The highest BCUT2D eigenvalue weighted by atomic mass is 32.2. The lowest BCUT2D eigenvalue weighted by Crippen LogP contribution is -2.34. The minimum atomic E-state index is -3.91. The van der Waals surface area contributed by atoms with Gasteiger partial charge in [-0.2, -0.15) is 0 Å². The van der Waals surface area contributed by atoms with Crippen molar-refractivity contribution in [2.75, 3.05) is 25.6 Å². The summed E-state index contributed by atoms with van der Waals surface area (Å²) < 4.78 is 45.0. The number of rotatable bonds is 8. The van der Waals surface area contributed by atoms with Crippen LogP contribution in [0, 0.1) is 6.92 Å². The molecule has 0 radical (unpaired) electrons. The van der Waals surface area contributed by atoms with Gasteiger partial charge in [0.25, 0.3) is 10.0 Å². The first-order chi connectivity index (χ1) is 14.8. The molecule has 0 aromatic heterocycles. The lowest BCUT2D eigenvalue weighted by molar-refractivity contribution is 0.355. The van der Waals surface area contributed by atoms with Gasteiger partial charge in [-0.25, -0.2) is 8.42 Å².